The SMILES string of the molecule is O=[N+]([O-])c1ccc(S(=O)(=O)N2CCC(c3ccccc3Cl)S(=O)(=O)CC2)cc1. The number of nitro benzene ring substituents is 1. The molecule has 0 bridgehead atoms. The van der Waals surface area contributed by atoms with Gasteiger partial charge in [-0.25, -0.2) is 16.8 Å². The summed E-state index contributed by atoms with van der Waals surface area (Å²) >= 11 is 6.15. The molecule has 1 atom stereocenters. The number of nitro groups is 1. The molecule has 1 aliphatic rings. The van der Waals surface area contributed by atoms with Crippen molar-refractivity contribution in [3.63, 3.8) is 0 Å². The predicted molar refractivity (Wildman–Crippen MR) is 104 cm³/mol. The quantitative estimate of drug-likeness (QED) is 0.529. The normalized spacial score (nSPS) is 20.4. The first kappa shape index (κ1) is 20.7. The van der Waals surface area contributed by atoms with Crippen molar-refractivity contribution >= 4 is 37.1 Å². The Morgan fingerprint density at radius 2 is 1.71 bits per heavy atom. The minimum Gasteiger partial charge on any atom is -0.258 e. The van der Waals surface area contributed by atoms with Gasteiger partial charge in [0.1, 0.15) is 0 Å². The second kappa shape index (κ2) is 7.78. The number of sulfonamides is 1. The molecular weight excluding hydrogens is 428 g/mol. The number of nitrogens with zero attached hydrogens (tertiary/aromatic N) is 2. The van der Waals surface area contributed by atoms with Crippen molar-refractivity contribution < 1.29 is 21.8 Å². The van der Waals surface area contributed by atoms with E-state index in [1.807, 2.05) is 0 Å². The average molecular weight is 445 g/mol. The summed E-state index contributed by atoms with van der Waals surface area (Å²) in [5.74, 6) is -0.338. The predicted octanol–water partition coefficient (Wildman–Crippen LogP) is 2.80. The molecule has 2 aromatic rings. The molecule has 28 heavy (non-hydrogen) atoms. The highest BCUT2D eigenvalue weighted by molar-refractivity contribution is 7.92. The Morgan fingerprint density at radius 1 is 1.07 bits per heavy atom. The van der Waals surface area contributed by atoms with Crippen LogP contribution < -0.4 is 0 Å². The fraction of sp³-hybridized carbons (Fsp3) is 0.294. The Balaban J connectivity index is 1.89. The van der Waals surface area contributed by atoms with E-state index in [1.165, 1.54) is 0 Å². The topological polar surface area (TPSA) is 115 Å². The minimum atomic E-state index is -3.98. The lowest BCUT2D eigenvalue weighted by molar-refractivity contribution is -0.384. The number of benzene rings is 2. The van der Waals surface area contributed by atoms with E-state index < -0.39 is 30.0 Å². The molecule has 1 unspecified atom stereocenters. The highest BCUT2D eigenvalue weighted by atomic mass is 35.5. The van der Waals surface area contributed by atoms with Crippen LogP contribution in [-0.2, 0) is 19.9 Å². The molecule has 11 heteroatoms. The van der Waals surface area contributed by atoms with Crippen LogP contribution in [0.25, 0.3) is 0 Å². The minimum absolute atomic E-state index is 0.00552. The van der Waals surface area contributed by atoms with Crippen molar-refractivity contribution in [2.45, 2.75) is 16.6 Å². The third-order valence-electron chi connectivity index (χ3n) is 4.64. The largest absolute Gasteiger partial charge is 0.269 e. The number of halogens is 1. The maximum absolute atomic E-state index is 12.9. The molecule has 1 aliphatic heterocycles. The van der Waals surface area contributed by atoms with Crippen LogP contribution in [0.2, 0.25) is 5.02 Å². The third kappa shape index (κ3) is 4.04. The van der Waals surface area contributed by atoms with E-state index in [2.05, 4.69) is 0 Å². The maximum Gasteiger partial charge on any atom is 0.269 e. The molecule has 1 heterocycles. The summed E-state index contributed by atoms with van der Waals surface area (Å²) in [5, 5.41) is 10.2. The van der Waals surface area contributed by atoms with Gasteiger partial charge in [0.15, 0.2) is 9.84 Å². The summed E-state index contributed by atoms with van der Waals surface area (Å²) in [4.78, 5) is 10.0. The van der Waals surface area contributed by atoms with E-state index >= 15 is 0 Å². The number of non-ortho nitro benzene ring substituents is 1. The number of hydrogen-bond donors (Lipinski definition) is 0. The second-order valence-electron chi connectivity index (χ2n) is 6.32. The molecular formula is C17H17ClN2O6S2. The Morgan fingerprint density at radius 3 is 2.32 bits per heavy atom. The Labute approximate surface area is 167 Å². The first-order valence-electron chi connectivity index (χ1n) is 8.33. The van der Waals surface area contributed by atoms with Gasteiger partial charge in [0.2, 0.25) is 10.0 Å². The summed E-state index contributed by atoms with van der Waals surface area (Å²) in [5.41, 5.74) is 0.231. The van der Waals surface area contributed by atoms with E-state index in [-0.39, 0.29) is 35.8 Å². The van der Waals surface area contributed by atoms with Crippen molar-refractivity contribution in [1.82, 2.24) is 4.31 Å². The summed E-state index contributed by atoms with van der Waals surface area (Å²) in [6.45, 7) is -0.197. The van der Waals surface area contributed by atoms with Crippen LogP contribution in [0.1, 0.15) is 17.2 Å². The second-order valence-corrected chi connectivity index (χ2v) is 11.0. The zero-order chi connectivity index (χ0) is 20.5. The maximum atomic E-state index is 12.9. The molecule has 0 radical (unpaired) electrons. The summed E-state index contributed by atoms with van der Waals surface area (Å²) in [6, 6.07) is 11.1. The molecule has 1 fully saturated rings. The number of sulfone groups is 1. The highest BCUT2D eigenvalue weighted by Gasteiger charge is 2.36. The Kier molecular flexibility index (Phi) is 5.76. The fourth-order valence-electron chi connectivity index (χ4n) is 3.14. The summed E-state index contributed by atoms with van der Waals surface area (Å²) in [7, 11) is -7.59. The summed E-state index contributed by atoms with van der Waals surface area (Å²) in [6.07, 6.45) is 0.0677. The molecule has 0 spiro atoms. The lowest BCUT2D eigenvalue weighted by atomic mass is 10.1. The Bertz CT molecular complexity index is 1100. The zero-order valence-corrected chi connectivity index (χ0v) is 17.0. The highest BCUT2D eigenvalue weighted by Crippen LogP contribution is 2.35. The van der Waals surface area contributed by atoms with Crippen LogP contribution in [0.5, 0.6) is 0 Å². The molecule has 150 valence electrons. The van der Waals surface area contributed by atoms with Gasteiger partial charge >= 0.3 is 0 Å². The summed E-state index contributed by atoms with van der Waals surface area (Å²) < 4.78 is 52.3. The fourth-order valence-corrected chi connectivity index (χ4v) is 6.86. The standard InChI is InChI=1S/C17H17ClN2O6S2/c18-16-4-2-1-3-15(16)17-9-10-19(11-12-27(17,23)24)28(25,26)14-7-5-13(6-8-14)20(21)22/h1-8,17H,9-12H2. The zero-order valence-electron chi connectivity index (χ0n) is 14.6. The number of hydrogen-bond acceptors (Lipinski definition) is 6. The van der Waals surface area contributed by atoms with Crippen molar-refractivity contribution in [3.8, 4) is 0 Å². The van der Waals surface area contributed by atoms with E-state index in [0.29, 0.717) is 10.6 Å². The van der Waals surface area contributed by atoms with Gasteiger partial charge in [-0.05, 0) is 30.2 Å². The van der Waals surface area contributed by atoms with Crippen LogP contribution in [0.15, 0.2) is 53.4 Å². The lowest BCUT2D eigenvalue weighted by Crippen LogP contribution is -2.33. The van der Waals surface area contributed by atoms with Gasteiger partial charge < -0.3 is 0 Å². The first-order chi connectivity index (χ1) is 13.1. The van der Waals surface area contributed by atoms with Gasteiger partial charge in [0.25, 0.3) is 5.69 Å². The van der Waals surface area contributed by atoms with E-state index in [0.717, 1.165) is 28.6 Å². The van der Waals surface area contributed by atoms with Crippen LogP contribution in [0.3, 0.4) is 0 Å². The monoisotopic (exact) mass is 444 g/mol. The smallest absolute Gasteiger partial charge is 0.258 e. The van der Waals surface area contributed by atoms with Crippen molar-refractivity contribution in [3.05, 3.63) is 69.2 Å². The van der Waals surface area contributed by atoms with E-state index in [1.54, 1.807) is 24.3 Å². The molecule has 0 amide bonds. The van der Waals surface area contributed by atoms with Crippen molar-refractivity contribution in [2.24, 2.45) is 0 Å². The van der Waals surface area contributed by atoms with Crippen LogP contribution >= 0.6 is 11.6 Å². The molecule has 0 aromatic heterocycles. The molecule has 2 aromatic carbocycles. The third-order valence-corrected chi connectivity index (χ3v) is 9.00. The molecule has 0 N–H and O–H groups in total. The lowest BCUT2D eigenvalue weighted by Gasteiger charge is -2.19. The van der Waals surface area contributed by atoms with Gasteiger partial charge in [0, 0.05) is 30.2 Å². The molecule has 8 nitrogen and oxygen atoms in total. The molecule has 0 saturated carbocycles. The van der Waals surface area contributed by atoms with Crippen LogP contribution in [0, 0.1) is 10.1 Å². The average Bonchev–Trinajstić information content (AvgIpc) is 2.81. The number of rotatable bonds is 4. The molecule has 3 rings (SSSR count). The van der Waals surface area contributed by atoms with E-state index in [4.69, 9.17) is 11.6 Å². The van der Waals surface area contributed by atoms with Gasteiger partial charge in [-0.3, -0.25) is 10.1 Å². The van der Waals surface area contributed by atoms with Gasteiger partial charge in [0.05, 0.1) is 20.8 Å². The first-order valence-corrected chi connectivity index (χ1v) is 11.9. The van der Waals surface area contributed by atoms with Gasteiger partial charge in [-0.2, -0.15) is 4.31 Å². The van der Waals surface area contributed by atoms with Crippen molar-refractivity contribution in [1.29, 1.82) is 0 Å². The van der Waals surface area contributed by atoms with Crippen LogP contribution in [-0.4, -0.2) is 44.9 Å². The molecule has 1 saturated heterocycles. The van der Waals surface area contributed by atoms with Gasteiger partial charge in [-0.1, -0.05) is 29.8 Å². The van der Waals surface area contributed by atoms with E-state index in [9.17, 15) is 26.9 Å². The van der Waals surface area contributed by atoms with Crippen molar-refractivity contribution in [2.75, 3.05) is 18.8 Å². The molecule has 0 aliphatic carbocycles. The van der Waals surface area contributed by atoms with Gasteiger partial charge in [-0.15, -0.1) is 0 Å². The van der Waals surface area contributed by atoms with Crippen LogP contribution in [0.4, 0.5) is 5.69 Å². The Hall–Kier alpha value is -2.01.